The highest BCUT2D eigenvalue weighted by atomic mass is 16.5. The van der Waals surface area contributed by atoms with Crippen LogP contribution in [0.3, 0.4) is 0 Å². The first kappa shape index (κ1) is 15.0. The van der Waals surface area contributed by atoms with Crippen LogP contribution in [-0.2, 0) is 14.3 Å². The average Bonchev–Trinajstić information content (AvgIpc) is 2.47. The summed E-state index contributed by atoms with van der Waals surface area (Å²) in [6, 6.07) is 9.33. The van der Waals surface area contributed by atoms with Crippen molar-refractivity contribution in [1.82, 2.24) is 0 Å². The summed E-state index contributed by atoms with van der Waals surface area (Å²) in [4.78, 5) is 13.2. The Morgan fingerprint density at radius 2 is 1.95 bits per heavy atom. The van der Waals surface area contributed by atoms with Gasteiger partial charge in [-0.1, -0.05) is 0 Å². The smallest absolute Gasteiger partial charge is 0.307 e. The molecule has 0 radical (unpaired) electrons. The van der Waals surface area contributed by atoms with Crippen LogP contribution in [-0.4, -0.2) is 39.9 Å². The first-order valence-electron chi connectivity index (χ1n) is 6.02. The second-order valence-corrected chi connectivity index (χ2v) is 3.96. The van der Waals surface area contributed by atoms with Crippen LogP contribution in [0.4, 0.5) is 5.69 Å². The number of rotatable bonds is 7. The van der Waals surface area contributed by atoms with E-state index in [1.807, 2.05) is 17.0 Å². The molecule has 1 rings (SSSR count). The van der Waals surface area contributed by atoms with Gasteiger partial charge in [0, 0.05) is 25.9 Å². The van der Waals surface area contributed by atoms with Crippen LogP contribution >= 0.6 is 0 Å². The van der Waals surface area contributed by atoms with Crippen LogP contribution in [0.1, 0.15) is 12.0 Å². The molecule has 1 aromatic carbocycles. The molecule has 5 heteroatoms. The predicted octanol–water partition coefficient (Wildman–Crippen LogP) is 1.57. The van der Waals surface area contributed by atoms with E-state index in [4.69, 9.17) is 10.00 Å². The van der Waals surface area contributed by atoms with Gasteiger partial charge in [0.05, 0.1) is 31.8 Å². The SMILES string of the molecule is COCCN(CCC(=O)OC)c1ccc(C#N)cc1. The molecule has 0 aliphatic carbocycles. The minimum atomic E-state index is -0.240. The highest BCUT2D eigenvalue weighted by Crippen LogP contribution is 2.15. The largest absolute Gasteiger partial charge is 0.469 e. The van der Waals surface area contributed by atoms with Crippen LogP contribution in [0.15, 0.2) is 24.3 Å². The van der Waals surface area contributed by atoms with Crippen molar-refractivity contribution in [2.24, 2.45) is 0 Å². The van der Waals surface area contributed by atoms with Crippen LogP contribution in [0.5, 0.6) is 0 Å². The first-order valence-corrected chi connectivity index (χ1v) is 6.02. The van der Waals surface area contributed by atoms with E-state index in [0.29, 0.717) is 31.7 Å². The van der Waals surface area contributed by atoms with E-state index < -0.39 is 0 Å². The van der Waals surface area contributed by atoms with Crippen molar-refractivity contribution in [2.45, 2.75) is 6.42 Å². The topological polar surface area (TPSA) is 62.6 Å². The summed E-state index contributed by atoms with van der Waals surface area (Å²) in [5.74, 6) is -0.240. The fraction of sp³-hybridized carbons (Fsp3) is 0.429. The van der Waals surface area contributed by atoms with E-state index in [0.717, 1.165) is 5.69 Å². The third-order valence-electron chi connectivity index (χ3n) is 2.74. The van der Waals surface area contributed by atoms with E-state index in [-0.39, 0.29) is 5.97 Å². The molecule has 5 nitrogen and oxygen atoms in total. The molecule has 0 aliphatic rings. The van der Waals surface area contributed by atoms with Crippen molar-refractivity contribution in [3.05, 3.63) is 29.8 Å². The summed E-state index contributed by atoms with van der Waals surface area (Å²) >= 11 is 0. The van der Waals surface area contributed by atoms with Crippen LogP contribution in [0, 0.1) is 11.3 Å². The Hall–Kier alpha value is -2.06. The van der Waals surface area contributed by atoms with Gasteiger partial charge in [0.1, 0.15) is 0 Å². The van der Waals surface area contributed by atoms with Gasteiger partial charge in [-0.15, -0.1) is 0 Å². The van der Waals surface area contributed by atoms with E-state index in [1.54, 1.807) is 19.2 Å². The Labute approximate surface area is 113 Å². The first-order chi connectivity index (χ1) is 9.21. The predicted molar refractivity (Wildman–Crippen MR) is 71.9 cm³/mol. The lowest BCUT2D eigenvalue weighted by Gasteiger charge is -2.24. The summed E-state index contributed by atoms with van der Waals surface area (Å²) in [6.45, 7) is 1.81. The van der Waals surface area contributed by atoms with Gasteiger partial charge in [-0.2, -0.15) is 5.26 Å². The van der Waals surface area contributed by atoms with Gasteiger partial charge in [-0.05, 0) is 24.3 Å². The standard InChI is InChI=1S/C14H18N2O3/c1-18-10-9-16(8-7-14(17)19-2)13-5-3-12(11-15)4-6-13/h3-6H,7-10H2,1-2H3. The molecule has 0 fully saturated rings. The van der Waals surface area contributed by atoms with Crippen molar-refractivity contribution in [2.75, 3.05) is 38.8 Å². The second kappa shape index (κ2) is 8.11. The van der Waals surface area contributed by atoms with E-state index >= 15 is 0 Å². The molecule has 0 saturated carbocycles. The van der Waals surface area contributed by atoms with Gasteiger partial charge in [-0.3, -0.25) is 4.79 Å². The number of carbonyl (C=O) groups is 1. The summed E-state index contributed by atoms with van der Waals surface area (Å²) in [5, 5.41) is 8.77. The number of benzene rings is 1. The normalized spacial score (nSPS) is 9.74. The highest BCUT2D eigenvalue weighted by Gasteiger charge is 2.09. The molecule has 102 valence electrons. The van der Waals surface area contributed by atoms with Gasteiger partial charge in [0.2, 0.25) is 0 Å². The third-order valence-corrected chi connectivity index (χ3v) is 2.74. The monoisotopic (exact) mass is 262 g/mol. The number of ether oxygens (including phenoxy) is 2. The Balaban J connectivity index is 2.71. The maximum atomic E-state index is 11.2. The lowest BCUT2D eigenvalue weighted by Crippen LogP contribution is -2.29. The van der Waals surface area contributed by atoms with Gasteiger partial charge in [0.15, 0.2) is 0 Å². The molecule has 0 aliphatic heterocycles. The molecule has 0 amide bonds. The second-order valence-electron chi connectivity index (χ2n) is 3.96. The Morgan fingerprint density at radius 1 is 1.26 bits per heavy atom. The molecule has 0 spiro atoms. The van der Waals surface area contributed by atoms with Crippen LogP contribution in [0.2, 0.25) is 0 Å². The number of anilines is 1. The summed E-state index contributed by atoms with van der Waals surface area (Å²) in [6.07, 6.45) is 0.320. The lowest BCUT2D eigenvalue weighted by atomic mass is 10.2. The molecule has 0 heterocycles. The Bertz CT molecular complexity index is 437. The van der Waals surface area contributed by atoms with Crippen LogP contribution in [0.25, 0.3) is 0 Å². The van der Waals surface area contributed by atoms with Crippen molar-refractivity contribution < 1.29 is 14.3 Å². The number of hydrogen-bond acceptors (Lipinski definition) is 5. The molecule has 1 aromatic rings. The third kappa shape index (κ3) is 4.98. The van der Waals surface area contributed by atoms with E-state index in [1.165, 1.54) is 7.11 Å². The summed E-state index contributed by atoms with van der Waals surface area (Å²) in [7, 11) is 3.01. The van der Waals surface area contributed by atoms with Crippen molar-refractivity contribution in [3.63, 3.8) is 0 Å². The zero-order valence-electron chi connectivity index (χ0n) is 11.3. The Morgan fingerprint density at radius 3 is 2.47 bits per heavy atom. The van der Waals surface area contributed by atoms with Crippen molar-refractivity contribution >= 4 is 11.7 Å². The van der Waals surface area contributed by atoms with Gasteiger partial charge in [0.25, 0.3) is 0 Å². The van der Waals surface area contributed by atoms with E-state index in [2.05, 4.69) is 10.8 Å². The average molecular weight is 262 g/mol. The molecule has 0 saturated heterocycles. The summed E-state index contributed by atoms with van der Waals surface area (Å²) < 4.78 is 9.70. The van der Waals surface area contributed by atoms with Gasteiger partial charge >= 0.3 is 5.97 Å². The maximum absolute atomic E-state index is 11.2. The molecule has 0 N–H and O–H groups in total. The number of nitrogens with zero attached hydrogens (tertiary/aromatic N) is 2. The zero-order valence-corrected chi connectivity index (χ0v) is 11.3. The summed E-state index contributed by atoms with van der Waals surface area (Å²) in [5.41, 5.74) is 1.57. The van der Waals surface area contributed by atoms with E-state index in [9.17, 15) is 4.79 Å². The molecule has 0 bridgehead atoms. The highest BCUT2D eigenvalue weighted by molar-refractivity contribution is 5.70. The zero-order chi connectivity index (χ0) is 14.1. The lowest BCUT2D eigenvalue weighted by molar-refractivity contribution is -0.140. The number of hydrogen-bond donors (Lipinski definition) is 0. The number of carbonyl (C=O) groups excluding carboxylic acids is 1. The van der Waals surface area contributed by atoms with Gasteiger partial charge < -0.3 is 14.4 Å². The molecule has 19 heavy (non-hydrogen) atoms. The number of methoxy groups -OCH3 is 2. The number of esters is 1. The minimum absolute atomic E-state index is 0.240. The molecular weight excluding hydrogens is 244 g/mol. The number of nitriles is 1. The molecular formula is C14H18N2O3. The van der Waals surface area contributed by atoms with Gasteiger partial charge in [-0.25, -0.2) is 0 Å². The van der Waals surface area contributed by atoms with Crippen LogP contribution < -0.4 is 4.90 Å². The Kier molecular flexibility index (Phi) is 6.41. The molecule has 0 aromatic heterocycles. The quantitative estimate of drug-likeness (QED) is 0.698. The minimum Gasteiger partial charge on any atom is -0.469 e. The maximum Gasteiger partial charge on any atom is 0.307 e. The molecule has 0 atom stereocenters. The fourth-order valence-electron chi connectivity index (χ4n) is 1.65. The molecule has 0 unspecified atom stereocenters. The van der Waals surface area contributed by atoms with Crippen molar-refractivity contribution in [1.29, 1.82) is 5.26 Å². The fourth-order valence-corrected chi connectivity index (χ4v) is 1.65. The van der Waals surface area contributed by atoms with Crippen molar-refractivity contribution in [3.8, 4) is 6.07 Å².